The maximum absolute atomic E-state index is 6.18. The topological polar surface area (TPSA) is 35.0 Å². The van der Waals surface area contributed by atoms with Crippen LogP contribution in [0.3, 0.4) is 0 Å². The molecule has 1 aromatic carbocycles. The third kappa shape index (κ3) is 4.31. The lowest BCUT2D eigenvalue weighted by Gasteiger charge is -2.25. The molecule has 1 aliphatic rings. The van der Waals surface area contributed by atoms with Gasteiger partial charge in [0.2, 0.25) is 5.88 Å². The summed E-state index contributed by atoms with van der Waals surface area (Å²) in [7, 11) is 0. The van der Waals surface area contributed by atoms with E-state index >= 15 is 0 Å². The van der Waals surface area contributed by atoms with Gasteiger partial charge in [0.25, 0.3) is 0 Å². The number of fused-ring (bicyclic) bond motifs is 1. The number of benzene rings is 1. The van der Waals surface area contributed by atoms with Gasteiger partial charge in [-0.15, -0.1) is 0 Å². The number of hydrogen-bond acceptors (Lipinski definition) is 3. The van der Waals surface area contributed by atoms with Gasteiger partial charge in [0, 0.05) is 0 Å². The van der Waals surface area contributed by atoms with Crippen molar-refractivity contribution in [3.8, 4) is 5.88 Å². The Balaban J connectivity index is 1.56. The molecule has 0 atom stereocenters. The summed E-state index contributed by atoms with van der Waals surface area (Å²) in [5.74, 6) is 0.732. The standard InChI is InChI=1S/C20H26N2O/c1-2-3-4-5-8-16-11-13-17(14-12-16)23-20-18-9-6-7-10-19(18)21-15-22-20/h6-10,15,17H,2-5,11-14H2,1H3. The molecule has 1 heterocycles. The van der Waals surface area contributed by atoms with Gasteiger partial charge in [0.15, 0.2) is 0 Å². The summed E-state index contributed by atoms with van der Waals surface area (Å²) in [5.41, 5.74) is 2.57. The molecule has 0 N–H and O–H groups in total. The van der Waals surface area contributed by atoms with Crippen LogP contribution < -0.4 is 4.74 Å². The lowest BCUT2D eigenvalue weighted by molar-refractivity contribution is 0.164. The van der Waals surface area contributed by atoms with Gasteiger partial charge in [-0.3, -0.25) is 0 Å². The highest BCUT2D eigenvalue weighted by atomic mass is 16.5. The third-order valence-electron chi connectivity index (χ3n) is 4.60. The fourth-order valence-electron chi connectivity index (χ4n) is 3.22. The Labute approximate surface area is 138 Å². The van der Waals surface area contributed by atoms with Crippen LogP contribution in [0.4, 0.5) is 0 Å². The Kier molecular flexibility index (Phi) is 5.62. The maximum Gasteiger partial charge on any atom is 0.224 e. The minimum Gasteiger partial charge on any atom is -0.474 e. The highest BCUT2D eigenvalue weighted by molar-refractivity contribution is 5.82. The molecule has 1 aromatic heterocycles. The Morgan fingerprint density at radius 3 is 2.78 bits per heavy atom. The van der Waals surface area contributed by atoms with Crippen LogP contribution in [-0.2, 0) is 0 Å². The van der Waals surface area contributed by atoms with E-state index in [1.165, 1.54) is 38.5 Å². The number of ether oxygens (including phenoxy) is 1. The highest BCUT2D eigenvalue weighted by Crippen LogP contribution is 2.29. The van der Waals surface area contributed by atoms with Crippen LogP contribution in [0.15, 0.2) is 42.2 Å². The highest BCUT2D eigenvalue weighted by Gasteiger charge is 2.19. The van der Waals surface area contributed by atoms with Gasteiger partial charge in [0.1, 0.15) is 12.4 Å². The zero-order chi connectivity index (χ0) is 15.9. The van der Waals surface area contributed by atoms with E-state index in [0.717, 1.165) is 29.6 Å². The number of nitrogens with zero attached hydrogens (tertiary/aromatic N) is 2. The molecule has 0 radical (unpaired) electrons. The number of para-hydroxylation sites is 1. The molecule has 3 nitrogen and oxygen atoms in total. The van der Waals surface area contributed by atoms with Crippen molar-refractivity contribution < 1.29 is 4.74 Å². The normalized spacial score (nSPS) is 18.1. The van der Waals surface area contributed by atoms with Gasteiger partial charge in [-0.2, -0.15) is 0 Å². The Bertz CT molecular complexity index is 650. The van der Waals surface area contributed by atoms with Gasteiger partial charge < -0.3 is 4.74 Å². The second kappa shape index (κ2) is 8.09. The van der Waals surface area contributed by atoms with Crippen LogP contribution in [0.5, 0.6) is 5.88 Å². The average Bonchev–Trinajstić information content (AvgIpc) is 2.60. The monoisotopic (exact) mass is 310 g/mol. The fraction of sp³-hybridized carbons (Fsp3) is 0.500. The summed E-state index contributed by atoms with van der Waals surface area (Å²) in [6.07, 6.45) is 14.1. The quantitative estimate of drug-likeness (QED) is 0.525. The second-order valence-electron chi connectivity index (χ2n) is 6.37. The average molecular weight is 310 g/mol. The number of hydrogen-bond donors (Lipinski definition) is 0. The first-order valence-corrected chi connectivity index (χ1v) is 8.91. The molecular weight excluding hydrogens is 284 g/mol. The zero-order valence-corrected chi connectivity index (χ0v) is 14.0. The molecule has 122 valence electrons. The first kappa shape index (κ1) is 16.0. The van der Waals surface area contributed by atoms with Crippen molar-refractivity contribution in [1.82, 2.24) is 9.97 Å². The van der Waals surface area contributed by atoms with E-state index in [4.69, 9.17) is 4.74 Å². The predicted octanol–water partition coefficient (Wildman–Crippen LogP) is 5.46. The van der Waals surface area contributed by atoms with Gasteiger partial charge >= 0.3 is 0 Å². The molecule has 0 saturated heterocycles. The number of rotatable bonds is 6. The predicted molar refractivity (Wildman–Crippen MR) is 94.6 cm³/mol. The first-order valence-electron chi connectivity index (χ1n) is 8.91. The van der Waals surface area contributed by atoms with E-state index in [1.807, 2.05) is 24.3 Å². The minimum atomic E-state index is 0.279. The minimum absolute atomic E-state index is 0.279. The molecule has 3 rings (SSSR count). The Hall–Kier alpha value is -1.90. The van der Waals surface area contributed by atoms with Gasteiger partial charge in [-0.1, -0.05) is 43.5 Å². The molecule has 23 heavy (non-hydrogen) atoms. The van der Waals surface area contributed by atoms with Crippen molar-refractivity contribution in [2.45, 2.75) is 64.4 Å². The maximum atomic E-state index is 6.18. The Morgan fingerprint density at radius 2 is 1.96 bits per heavy atom. The first-order chi connectivity index (χ1) is 11.4. The van der Waals surface area contributed by atoms with E-state index < -0.39 is 0 Å². The largest absolute Gasteiger partial charge is 0.474 e. The molecule has 3 heteroatoms. The van der Waals surface area contributed by atoms with Crippen LogP contribution >= 0.6 is 0 Å². The molecule has 1 aliphatic carbocycles. The zero-order valence-electron chi connectivity index (χ0n) is 14.0. The summed E-state index contributed by atoms with van der Waals surface area (Å²) >= 11 is 0. The van der Waals surface area contributed by atoms with E-state index in [1.54, 1.807) is 11.9 Å². The molecule has 0 spiro atoms. The molecule has 1 saturated carbocycles. The van der Waals surface area contributed by atoms with Gasteiger partial charge in [0.05, 0.1) is 10.9 Å². The summed E-state index contributed by atoms with van der Waals surface area (Å²) in [6.45, 7) is 2.26. The summed E-state index contributed by atoms with van der Waals surface area (Å²) in [6, 6.07) is 8.04. The van der Waals surface area contributed by atoms with Crippen LogP contribution in [0.2, 0.25) is 0 Å². The SMILES string of the molecule is CCCCCC=C1CCC(Oc2ncnc3ccccc23)CC1. The molecule has 1 fully saturated rings. The number of unbranched alkanes of at least 4 members (excludes halogenated alkanes) is 3. The van der Waals surface area contributed by atoms with Gasteiger partial charge in [-0.25, -0.2) is 9.97 Å². The lowest BCUT2D eigenvalue weighted by atomic mass is 9.91. The third-order valence-corrected chi connectivity index (χ3v) is 4.60. The van der Waals surface area contributed by atoms with Crippen molar-refractivity contribution in [3.63, 3.8) is 0 Å². The van der Waals surface area contributed by atoms with Crippen LogP contribution in [0.1, 0.15) is 58.3 Å². The van der Waals surface area contributed by atoms with Crippen molar-refractivity contribution in [3.05, 3.63) is 42.2 Å². The van der Waals surface area contributed by atoms with Crippen LogP contribution in [0.25, 0.3) is 10.9 Å². The Morgan fingerprint density at radius 1 is 1.13 bits per heavy atom. The number of allylic oxidation sites excluding steroid dienone is 2. The van der Waals surface area contributed by atoms with Crippen LogP contribution in [-0.4, -0.2) is 16.1 Å². The van der Waals surface area contributed by atoms with E-state index in [-0.39, 0.29) is 6.10 Å². The van der Waals surface area contributed by atoms with E-state index in [2.05, 4.69) is 23.0 Å². The van der Waals surface area contributed by atoms with Crippen molar-refractivity contribution in [2.24, 2.45) is 0 Å². The molecule has 0 bridgehead atoms. The van der Waals surface area contributed by atoms with Crippen molar-refractivity contribution >= 4 is 10.9 Å². The fourth-order valence-corrected chi connectivity index (χ4v) is 3.22. The summed E-state index contributed by atoms with van der Waals surface area (Å²) < 4.78 is 6.18. The molecule has 0 aliphatic heterocycles. The van der Waals surface area contributed by atoms with E-state index in [9.17, 15) is 0 Å². The molecule has 2 aromatic rings. The van der Waals surface area contributed by atoms with Crippen LogP contribution in [0, 0.1) is 0 Å². The lowest BCUT2D eigenvalue weighted by Crippen LogP contribution is -2.21. The second-order valence-corrected chi connectivity index (χ2v) is 6.37. The van der Waals surface area contributed by atoms with Gasteiger partial charge in [-0.05, 0) is 50.7 Å². The molecule has 0 unspecified atom stereocenters. The summed E-state index contributed by atoms with van der Waals surface area (Å²) in [4.78, 5) is 8.64. The molecular formula is C20H26N2O. The molecule has 0 amide bonds. The summed E-state index contributed by atoms with van der Waals surface area (Å²) in [5, 5.41) is 1.01. The number of aromatic nitrogens is 2. The van der Waals surface area contributed by atoms with Crippen molar-refractivity contribution in [1.29, 1.82) is 0 Å². The smallest absolute Gasteiger partial charge is 0.224 e. The van der Waals surface area contributed by atoms with Crippen molar-refractivity contribution in [2.75, 3.05) is 0 Å². The van der Waals surface area contributed by atoms with E-state index in [0.29, 0.717) is 0 Å².